The van der Waals surface area contributed by atoms with Crippen molar-refractivity contribution in [3.8, 4) is 0 Å². The summed E-state index contributed by atoms with van der Waals surface area (Å²) in [5.74, 6) is -4.03. The number of rotatable bonds is 0. The Balaban J connectivity index is -0.0000000873. The molecule has 0 aliphatic heterocycles. The average molecular weight is 595 g/mol. The molecule has 0 aliphatic carbocycles. The van der Waals surface area contributed by atoms with Gasteiger partial charge in [0.2, 0.25) is 0 Å². The largest absolute Gasteiger partial charge is 4.00 e. The van der Waals surface area contributed by atoms with Gasteiger partial charge >= 0.3 is 19.8 Å². The second-order valence-corrected chi connectivity index (χ2v) is 10.1. The number of hydrogen-bond donors (Lipinski definition) is 0. The van der Waals surface area contributed by atoms with Crippen molar-refractivity contribution in [1.82, 2.24) is 0 Å². The van der Waals surface area contributed by atoms with E-state index in [0.29, 0.717) is 0 Å². The molecule has 0 rings (SSSR count). The molecule has 0 N–H and O–H groups in total. The maximum Gasteiger partial charge on any atom is 4.00 e. The summed E-state index contributed by atoms with van der Waals surface area (Å²) in [7, 11) is 0. The van der Waals surface area contributed by atoms with E-state index in [-0.39, 0.29) is 19.8 Å². The van der Waals surface area contributed by atoms with Crippen LogP contribution < -0.4 is 20.4 Å². The van der Waals surface area contributed by atoms with Crippen LogP contribution in [0.4, 0.5) is 0 Å². The van der Waals surface area contributed by atoms with Crippen LogP contribution >= 0.6 is 0 Å². The van der Waals surface area contributed by atoms with Crippen molar-refractivity contribution in [2.24, 2.45) is 21.7 Å². The minimum atomic E-state index is -1.01. The average Bonchev–Trinajstić information content (AvgIpc) is 2.35. The molecule has 0 amide bonds. The molecule has 8 nitrogen and oxygen atoms in total. The Labute approximate surface area is 188 Å². The van der Waals surface area contributed by atoms with Crippen LogP contribution in [-0.4, -0.2) is 23.9 Å². The third-order valence-corrected chi connectivity index (χ3v) is 2.45. The van der Waals surface area contributed by atoms with Crippen molar-refractivity contribution < 1.29 is 59.4 Å². The molecule has 0 fully saturated rings. The molecular weight excluding hydrogens is 558 g/mol. The quantitative estimate of drug-likeness (QED) is 0.350. The topological polar surface area (TPSA) is 161 Å². The third-order valence-electron chi connectivity index (χ3n) is 2.45. The van der Waals surface area contributed by atoms with Gasteiger partial charge in [-0.2, -0.15) is 0 Å². The number of aliphatic carboxylic acids is 4. The first-order valence-electron chi connectivity index (χ1n) is 8.63. The molecule has 0 aromatic rings. The summed E-state index contributed by atoms with van der Waals surface area (Å²) in [6.07, 6.45) is 0. The van der Waals surface area contributed by atoms with Gasteiger partial charge in [-0.3, -0.25) is 0 Å². The van der Waals surface area contributed by atoms with Gasteiger partial charge in [0.25, 0.3) is 0 Å². The Morgan fingerprint density at radius 1 is 0.379 bits per heavy atom. The molecule has 0 aromatic carbocycles. The first-order valence-corrected chi connectivity index (χ1v) is 8.63. The van der Waals surface area contributed by atoms with E-state index >= 15 is 0 Å². The standard InChI is InChI=1S/4C5H10O2.Os/c4*1-5(2,3)4(6)7;/h4*1-3H3,(H,6,7);/q;;;;+4/p-4. The van der Waals surface area contributed by atoms with Crippen molar-refractivity contribution in [2.75, 3.05) is 0 Å². The first-order chi connectivity index (χ1) is 11.8. The van der Waals surface area contributed by atoms with Crippen molar-refractivity contribution in [3.63, 3.8) is 0 Å². The second kappa shape index (κ2) is 14.5. The third kappa shape index (κ3) is 31.4. The zero-order valence-corrected chi connectivity index (χ0v) is 22.2. The minimum Gasteiger partial charge on any atom is -0.550 e. The summed E-state index contributed by atoms with van der Waals surface area (Å²) in [4.78, 5) is 39.6. The molecule has 0 bridgehead atoms. The van der Waals surface area contributed by atoms with E-state index in [2.05, 4.69) is 0 Å². The van der Waals surface area contributed by atoms with Gasteiger partial charge in [-0.1, -0.05) is 83.1 Å². The Hall–Kier alpha value is -1.48. The van der Waals surface area contributed by atoms with Crippen LogP contribution in [0.3, 0.4) is 0 Å². The van der Waals surface area contributed by atoms with Crippen molar-refractivity contribution in [1.29, 1.82) is 0 Å². The summed E-state index contributed by atoms with van der Waals surface area (Å²) in [5, 5.41) is 39.6. The maximum atomic E-state index is 9.91. The fraction of sp³-hybridized carbons (Fsp3) is 0.800. The fourth-order valence-corrected chi connectivity index (χ4v) is 0. The van der Waals surface area contributed by atoms with E-state index in [1.54, 1.807) is 83.1 Å². The van der Waals surface area contributed by atoms with E-state index in [1.807, 2.05) is 0 Å². The van der Waals surface area contributed by atoms with Gasteiger partial charge in [0.1, 0.15) is 0 Å². The first kappa shape index (κ1) is 38.2. The van der Waals surface area contributed by atoms with Gasteiger partial charge in [-0.05, 0) is 0 Å². The Morgan fingerprint density at radius 2 is 0.414 bits per heavy atom. The summed E-state index contributed by atoms with van der Waals surface area (Å²) < 4.78 is 0. The van der Waals surface area contributed by atoms with Gasteiger partial charge in [0.05, 0.1) is 0 Å². The zero-order valence-electron chi connectivity index (χ0n) is 19.6. The molecule has 0 aromatic heterocycles. The monoisotopic (exact) mass is 596 g/mol. The van der Waals surface area contributed by atoms with Gasteiger partial charge in [0, 0.05) is 45.5 Å². The molecule has 0 saturated heterocycles. The number of carboxylic acid groups (broad SMARTS) is 4. The van der Waals surface area contributed by atoms with Gasteiger partial charge < -0.3 is 39.6 Å². The molecular formula is C20H36O8Os. The minimum absolute atomic E-state index is 0. The number of carbonyl (C=O) groups is 4. The molecule has 9 heteroatoms. The summed E-state index contributed by atoms with van der Waals surface area (Å²) >= 11 is 0. The molecule has 0 aliphatic rings. The molecule has 0 unspecified atom stereocenters. The number of hydrogen-bond acceptors (Lipinski definition) is 8. The van der Waals surface area contributed by atoms with Crippen LogP contribution in [0.15, 0.2) is 0 Å². The van der Waals surface area contributed by atoms with E-state index < -0.39 is 45.5 Å². The molecule has 29 heavy (non-hydrogen) atoms. The molecule has 0 saturated carbocycles. The normalized spacial score (nSPS) is 10.9. The molecule has 172 valence electrons. The second-order valence-electron chi connectivity index (χ2n) is 10.1. The van der Waals surface area contributed by atoms with Crippen LogP contribution in [0, 0.1) is 21.7 Å². The van der Waals surface area contributed by atoms with Crippen LogP contribution in [0.5, 0.6) is 0 Å². The Kier molecular flexibility index (Phi) is 19.1. The number of carboxylic acids is 4. The van der Waals surface area contributed by atoms with Gasteiger partial charge in [-0.25, -0.2) is 0 Å². The van der Waals surface area contributed by atoms with E-state index in [9.17, 15) is 39.6 Å². The van der Waals surface area contributed by atoms with Crippen LogP contribution in [0.2, 0.25) is 0 Å². The Morgan fingerprint density at radius 3 is 0.414 bits per heavy atom. The predicted molar refractivity (Wildman–Crippen MR) is 97.8 cm³/mol. The molecule has 0 atom stereocenters. The fourth-order valence-electron chi connectivity index (χ4n) is 0. The van der Waals surface area contributed by atoms with Gasteiger partial charge in [-0.15, -0.1) is 0 Å². The number of carbonyl (C=O) groups excluding carboxylic acids is 4. The summed E-state index contributed by atoms with van der Waals surface area (Å²) in [5.41, 5.74) is -2.78. The summed E-state index contributed by atoms with van der Waals surface area (Å²) in [6, 6.07) is 0. The SMILES string of the molecule is CC(C)(C)C(=O)[O-].CC(C)(C)C(=O)[O-].CC(C)(C)C(=O)[O-].CC(C)(C)C(=O)[O-].[Os+4]. The van der Waals surface area contributed by atoms with Crippen LogP contribution in [0.1, 0.15) is 83.1 Å². The zero-order chi connectivity index (χ0) is 24.3. The molecule has 0 radical (unpaired) electrons. The van der Waals surface area contributed by atoms with Crippen molar-refractivity contribution >= 4 is 23.9 Å². The maximum absolute atomic E-state index is 9.91. The van der Waals surface area contributed by atoms with E-state index in [1.165, 1.54) is 0 Å². The Bertz CT molecular complexity index is 417. The van der Waals surface area contributed by atoms with Gasteiger partial charge in [0.15, 0.2) is 0 Å². The molecule has 0 spiro atoms. The van der Waals surface area contributed by atoms with Crippen molar-refractivity contribution in [3.05, 3.63) is 0 Å². The smallest absolute Gasteiger partial charge is 0.550 e. The van der Waals surface area contributed by atoms with Crippen molar-refractivity contribution in [2.45, 2.75) is 83.1 Å². The predicted octanol–water partition coefficient (Wildman–Crippen LogP) is -0.873. The van der Waals surface area contributed by atoms with E-state index in [0.717, 1.165) is 0 Å². The van der Waals surface area contributed by atoms with Crippen LogP contribution in [0.25, 0.3) is 0 Å². The summed E-state index contributed by atoms with van der Waals surface area (Å²) in [6.45, 7) is 19.2. The van der Waals surface area contributed by atoms with E-state index in [4.69, 9.17) is 0 Å². The van der Waals surface area contributed by atoms with Crippen LogP contribution in [-0.2, 0) is 39.0 Å². The molecule has 0 heterocycles.